The Morgan fingerprint density at radius 2 is 1.82 bits per heavy atom. The van der Waals surface area contributed by atoms with E-state index < -0.39 is 11.8 Å². The molecule has 2 amide bonds. The Morgan fingerprint density at radius 3 is 2.29 bits per heavy atom. The van der Waals surface area contributed by atoms with Gasteiger partial charge in [0.15, 0.2) is 9.78 Å². The molecule has 1 aliphatic heterocycles. The van der Waals surface area contributed by atoms with Gasteiger partial charge in [0.1, 0.15) is 11.3 Å². The number of hydrogen-bond acceptors (Lipinski definition) is 4. The van der Waals surface area contributed by atoms with Crippen molar-refractivity contribution in [3.8, 4) is 0 Å². The van der Waals surface area contributed by atoms with Crippen LogP contribution in [0.5, 0.6) is 0 Å². The Hall–Kier alpha value is -0.990. The summed E-state index contributed by atoms with van der Waals surface area (Å²) in [5.74, 6) is -0.735. The van der Waals surface area contributed by atoms with E-state index >= 15 is 0 Å². The van der Waals surface area contributed by atoms with Crippen LogP contribution in [0.15, 0.2) is 25.2 Å². The van der Waals surface area contributed by atoms with Gasteiger partial charge in [0, 0.05) is 0 Å². The van der Waals surface area contributed by atoms with Gasteiger partial charge < -0.3 is 4.42 Å². The van der Waals surface area contributed by atoms with Crippen molar-refractivity contribution >= 4 is 67.1 Å². The lowest BCUT2D eigenvalue weighted by Crippen LogP contribution is -2.51. The van der Waals surface area contributed by atoms with Crippen molar-refractivity contribution in [3.05, 3.63) is 26.5 Å². The van der Waals surface area contributed by atoms with E-state index in [1.807, 2.05) is 0 Å². The Kier molecular flexibility index (Phi) is 3.45. The predicted molar refractivity (Wildman–Crippen MR) is 71.0 cm³/mol. The number of carbonyl (C=O) groups is 2. The second-order valence-corrected chi connectivity index (χ2v) is 5.05. The number of thiocarbonyl (C=S) groups is 1. The molecule has 1 aliphatic rings. The van der Waals surface area contributed by atoms with Gasteiger partial charge in [0.2, 0.25) is 0 Å². The highest BCUT2D eigenvalue weighted by Crippen LogP contribution is 2.28. The van der Waals surface area contributed by atoms with E-state index in [4.69, 9.17) is 4.42 Å². The Labute approximate surface area is 118 Å². The van der Waals surface area contributed by atoms with Gasteiger partial charge in [-0.3, -0.25) is 20.2 Å². The van der Waals surface area contributed by atoms with Crippen LogP contribution in [-0.2, 0) is 9.59 Å². The first-order valence-corrected chi connectivity index (χ1v) is 6.30. The van der Waals surface area contributed by atoms with Crippen LogP contribution in [-0.4, -0.2) is 16.9 Å². The van der Waals surface area contributed by atoms with Crippen LogP contribution in [0.3, 0.4) is 0 Å². The lowest BCUT2D eigenvalue weighted by atomic mass is 10.1. The third-order valence-electron chi connectivity index (χ3n) is 1.89. The molecule has 1 aromatic rings. The number of furan rings is 1. The second-order valence-electron chi connectivity index (χ2n) is 3.07. The predicted octanol–water partition coefficient (Wildman–Crippen LogP) is 1.72. The maximum atomic E-state index is 11.5. The summed E-state index contributed by atoms with van der Waals surface area (Å²) in [5.41, 5.74) is -0.0626. The monoisotopic (exact) mass is 378 g/mol. The van der Waals surface area contributed by atoms with Gasteiger partial charge in [-0.1, -0.05) is 0 Å². The molecule has 1 aromatic heterocycles. The fraction of sp³-hybridized carbons (Fsp3) is 0. The zero-order valence-corrected chi connectivity index (χ0v) is 12.0. The molecular formula is C9H4Br2N2O3S. The topological polar surface area (TPSA) is 71.3 Å². The van der Waals surface area contributed by atoms with Gasteiger partial charge in [-0.25, -0.2) is 0 Å². The minimum atomic E-state index is -0.553. The normalized spacial score (nSPS) is 15.6. The third kappa shape index (κ3) is 2.64. The molecule has 8 heteroatoms. The molecule has 2 heterocycles. The highest BCUT2D eigenvalue weighted by molar-refractivity contribution is 9.13. The van der Waals surface area contributed by atoms with Crippen molar-refractivity contribution in [1.29, 1.82) is 0 Å². The van der Waals surface area contributed by atoms with Crippen LogP contribution >= 0.6 is 44.1 Å². The third-order valence-corrected chi connectivity index (χ3v) is 3.81. The molecule has 1 saturated heterocycles. The van der Waals surface area contributed by atoms with Crippen molar-refractivity contribution in [2.24, 2.45) is 0 Å². The Balaban J connectivity index is 2.35. The number of carbonyl (C=O) groups excluding carboxylic acids is 2. The van der Waals surface area contributed by atoms with E-state index in [-0.39, 0.29) is 10.7 Å². The quantitative estimate of drug-likeness (QED) is 0.442. The molecule has 0 aromatic carbocycles. The maximum absolute atomic E-state index is 11.5. The fourth-order valence-corrected chi connectivity index (χ4v) is 1.98. The second kappa shape index (κ2) is 4.71. The summed E-state index contributed by atoms with van der Waals surface area (Å²) in [7, 11) is 0. The molecule has 0 radical (unpaired) electrons. The zero-order chi connectivity index (χ0) is 12.6. The molecule has 2 rings (SSSR count). The van der Waals surface area contributed by atoms with Crippen LogP contribution in [0.25, 0.3) is 6.08 Å². The molecule has 88 valence electrons. The average molecular weight is 380 g/mol. The van der Waals surface area contributed by atoms with E-state index in [9.17, 15) is 9.59 Å². The molecule has 1 fully saturated rings. The van der Waals surface area contributed by atoms with Crippen LogP contribution in [0.1, 0.15) is 5.76 Å². The number of rotatable bonds is 1. The van der Waals surface area contributed by atoms with Gasteiger partial charge in [-0.05, 0) is 56.2 Å². The maximum Gasteiger partial charge on any atom is 0.263 e. The van der Waals surface area contributed by atoms with Crippen LogP contribution in [0.4, 0.5) is 0 Å². The molecule has 0 saturated carbocycles. The molecule has 2 N–H and O–H groups in total. The molecule has 0 atom stereocenters. The fourth-order valence-electron chi connectivity index (χ4n) is 1.18. The molecular weight excluding hydrogens is 376 g/mol. The van der Waals surface area contributed by atoms with E-state index in [1.165, 1.54) is 6.08 Å². The van der Waals surface area contributed by atoms with Crippen molar-refractivity contribution in [1.82, 2.24) is 10.6 Å². The molecule has 0 unspecified atom stereocenters. The summed E-state index contributed by atoms with van der Waals surface area (Å²) in [6, 6.07) is 1.63. The lowest BCUT2D eigenvalue weighted by Gasteiger charge is -2.15. The summed E-state index contributed by atoms with van der Waals surface area (Å²) in [6.45, 7) is 0. The van der Waals surface area contributed by atoms with Crippen molar-refractivity contribution in [3.63, 3.8) is 0 Å². The molecule has 5 nitrogen and oxygen atoms in total. The molecule has 0 spiro atoms. The van der Waals surface area contributed by atoms with Crippen molar-refractivity contribution in [2.45, 2.75) is 0 Å². The largest absolute Gasteiger partial charge is 0.449 e. The first-order valence-electron chi connectivity index (χ1n) is 4.30. The average Bonchev–Trinajstić information content (AvgIpc) is 2.52. The van der Waals surface area contributed by atoms with Gasteiger partial charge in [-0.2, -0.15) is 0 Å². The van der Waals surface area contributed by atoms with Crippen molar-refractivity contribution < 1.29 is 14.0 Å². The first-order chi connectivity index (χ1) is 7.97. The summed E-state index contributed by atoms with van der Waals surface area (Å²) in [6.07, 6.45) is 1.34. The van der Waals surface area contributed by atoms with Crippen molar-refractivity contribution in [2.75, 3.05) is 0 Å². The van der Waals surface area contributed by atoms with Crippen LogP contribution in [0, 0.1) is 0 Å². The van der Waals surface area contributed by atoms with Gasteiger partial charge in [0.25, 0.3) is 11.8 Å². The van der Waals surface area contributed by atoms with E-state index in [2.05, 4.69) is 54.7 Å². The summed E-state index contributed by atoms with van der Waals surface area (Å²) < 4.78 is 6.42. The highest BCUT2D eigenvalue weighted by Gasteiger charge is 2.26. The summed E-state index contributed by atoms with van der Waals surface area (Å²) in [4.78, 5) is 23.0. The Morgan fingerprint density at radius 1 is 1.24 bits per heavy atom. The summed E-state index contributed by atoms with van der Waals surface area (Å²) in [5, 5.41) is 4.66. The zero-order valence-electron chi connectivity index (χ0n) is 8.04. The first kappa shape index (κ1) is 12.5. The summed E-state index contributed by atoms with van der Waals surface area (Å²) >= 11 is 11.1. The lowest BCUT2D eigenvalue weighted by molar-refractivity contribution is -0.123. The molecule has 0 bridgehead atoms. The SMILES string of the molecule is O=C1NC(=S)NC(=O)C1=Cc1cc(Br)c(Br)o1. The number of nitrogens with one attached hydrogen (secondary N) is 2. The number of amides is 2. The van der Waals surface area contributed by atoms with Crippen LogP contribution in [0.2, 0.25) is 0 Å². The highest BCUT2D eigenvalue weighted by atomic mass is 79.9. The Bertz CT molecular complexity index is 523. The minimum Gasteiger partial charge on any atom is -0.449 e. The standard InChI is InChI=1S/C9H4Br2N2O3S/c10-5-2-3(16-6(5)11)1-4-7(14)12-9(17)13-8(4)15/h1-2H,(H2,12,13,14,15,17). The van der Waals surface area contributed by atoms with Gasteiger partial charge in [-0.15, -0.1) is 0 Å². The van der Waals surface area contributed by atoms with Gasteiger partial charge >= 0.3 is 0 Å². The van der Waals surface area contributed by atoms with E-state index in [0.29, 0.717) is 14.9 Å². The smallest absolute Gasteiger partial charge is 0.263 e. The minimum absolute atomic E-state index is 0.000967. The van der Waals surface area contributed by atoms with Crippen LogP contribution < -0.4 is 10.6 Å². The number of halogens is 2. The molecule has 0 aliphatic carbocycles. The van der Waals surface area contributed by atoms with Gasteiger partial charge in [0.05, 0.1) is 4.47 Å². The van der Waals surface area contributed by atoms with E-state index in [1.54, 1.807) is 6.07 Å². The van der Waals surface area contributed by atoms with E-state index in [0.717, 1.165) is 0 Å². The molecule has 17 heavy (non-hydrogen) atoms. The number of hydrogen-bond donors (Lipinski definition) is 2.